The highest BCUT2D eigenvalue weighted by Crippen LogP contribution is 2.35. The molecule has 8 heteroatoms. The quantitative estimate of drug-likeness (QED) is 0.230. The Morgan fingerprint density at radius 1 is 0.857 bits per heavy atom. The minimum Gasteiger partial charge on any atom is -0.439 e. The van der Waals surface area contributed by atoms with E-state index < -0.39 is 0 Å². The van der Waals surface area contributed by atoms with E-state index in [-0.39, 0.29) is 23.8 Å². The number of pyridine rings is 2. The van der Waals surface area contributed by atoms with E-state index in [9.17, 15) is 9.59 Å². The molecular weight excluding hydrogens is 548 g/mol. The van der Waals surface area contributed by atoms with Crippen molar-refractivity contribution in [1.29, 1.82) is 0 Å². The van der Waals surface area contributed by atoms with E-state index in [0.29, 0.717) is 41.8 Å². The van der Waals surface area contributed by atoms with Gasteiger partial charge in [0.25, 0.3) is 11.8 Å². The maximum atomic E-state index is 14.0. The molecule has 42 heavy (non-hydrogen) atoms. The lowest BCUT2D eigenvalue weighted by molar-refractivity contribution is 0.0539. The van der Waals surface area contributed by atoms with Crippen LogP contribution in [-0.4, -0.2) is 56.7 Å². The molecule has 2 saturated heterocycles. The van der Waals surface area contributed by atoms with Gasteiger partial charge in [-0.3, -0.25) is 9.59 Å². The molecule has 0 spiro atoms. The van der Waals surface area contributed by atoms with Crippen LogP contribution >= 0.6 is 11.6 Å². The highest BCUT2D eigenvalue weighted by atomic mass is 35.5. The molecule has 3 aromatic heterocycles. The number of halogens is 1. The number of ether oxygens (including phenoxy) is 1. The van der Waals surface area contributed by atoms with Crippen LogP contribution in [0.3, 0.4) is 0 Å². The lowest BCUT2D eigenvalue weighted by atomic mass is 9.92. The van der Waals surface area contributed by atoms with E-state index in [4.69, 9.17) is 16.3 Å². The first-order valence-corrected chi connectivity index (χ1v) is 14.6. The summed E-state index contributed by atoms with van der Waals surface area (Å²) in [5.41, 5.74) is 4.34. The van der Waals surface area contributed by atoms with Crippen molar-refractivity contribution in [2.75, 3.05) is 19.6 Å². The Bertz CT molecular complexity index is 1750. The van der Waals surface area contributed by atoms with Gasteiger partial charge in [-0.25, -0.2) is 4.98 Å². The van der Waals surface area contributed by atoms with Crippen molar-refractivity contribution in [3.63, 3.8) is 0 Å². The van der Waals surface area contributed by atoms with Crippen molar-refractivity contribution in [2.24, 2.45) is 5.92 Å². The Hall–Kier alpha value is -4.62. The van der Waals surface area contributed by atoms with Gasteiger partial charge in [-0.2, -0.15) is 0 Å². The highest BCUT2D eigenvalue weighted by Gasteiger charge is 2.42. The summed E-state index contributed by atoms with van der Waals surface area (Å²) in [7, 11) is 0. The van der Waals surface area contributed by atoms with Crippen LogP contribution in [0.4, 0.5) is 0 Å². The van der Waals surface area contributed by atoms with Gasteiger partial charge < -0.3 is 18.9 Å². The molecule has 2 atom stereocenters. The molecule has 2 fully saturated rings. The fourth-order valence-electron chi connectivity index (χ4n) is 6.32. The molecular formula is C34H29ClN4O3. The van der Waals surface area contributed by atoms with E-state index in [2.05, 4.69) is 21.5 Å². The Kier molecular flexibility index (Phi) is 6.88. The Morgan fingerprint density at radius 2 is 1.67 bits per heavy atom. The standard InChI is InChI=1S/C34H29ClN4O3/c35-26-11-14-32(36-21-26)42-27-12-9-24(10-13-27)33(40)37-18-16-29-25(22-37)15-19-39(29)34(41)28-20-31(23-6-2-1-3-7-23)38-17-5-4-8-30(28)38/h1-14,17,20-21,25,29H,15-16,18-19,22H2/t25-,29-/m0/s1. The number of likely N-dealkylation sites (tertiary alicyclic amines) is 2. The zero-order chi connectivity index (χ0) is 28.6. The number of benzene rings is 2. The predicted octanol–water partition coefficient (Wildman–Crippen LogP) is 6.82. The van der Waals surface area contributed by atoms with Gasteiger partial charge in [-0.05, 0) is 72.9 Å². The fraction of sp³-hybridized carbons (Fsp3) is 0.206. The second-order valence-corrected chi connectivity index (χ2v) is 11.3. The molecule has 0 radical (unpaired) electrons. The molecule has 2 aliphatic rings. The van der Waals surface area contributed by atoms with Crippen molar-refractivity contribution in [2.45, 2.75) is 18.9 Å². The van der Waals surface area contributed by atoms with E-state index in [1.807, 2.05) is 58.5 Å². The average molecular weight is 577 g/mol. The second-order valence-electron chi connectivity index (χ2n) is 10.9. The molecule has 0 N–H and O–H groups in total. The van der Waals surface area contributed by atoms with Gasteiger partial charge in [0.2, 0.25) is 5.88 Å². The molecule has 2 aromatic carbocycles. The molecule has 7 nitrogen and oxygen atoms in total. The van der Waals surface area contributed by atoms with Crippen LogP contribution < -0.4 is 4.74 Å². The summed E-state index contributed by atoms with van der Waals surface area (Å²) in [5, 5.41) is 0.539. The van der Waals surface area contributed by atoms with Gasteiger partial charge in [0, 0.05) is 49.7 Å². The molecule has 0 saturated carbocycles. The van der Waals surface area contributed by atoms with Gasteiger partial charge >= 0.3 is 0 Å². The minimum atomic E-state index is 0.000302. The van der Waals surface area contributed by atoms with Crippen molar-refractivity contribution in [1.82, 2.24) is 19.2 Å². The molecule has 5 aromatic rings. The molecule has 0 unspecified atom stereocenters. The SMILES string of the molecule is O=C(c1ccc(Oc2ccc(Cl)cn2)cc1)N1CC[C@H]2[C@@H](CCN2C(=O)c2cc(-c3ccccc3)n3ccccc23)C1. The number of hydrogen-bond donors (Lipinski definition) is 0. The third kappa shape index (κ3) is 4.90. The van der Waals surface area contributed by atoms with Crippen molar-refractivity contribution >= 4 is 28.9 Å². The number of fused-ring (bicyclic) bond motifs is 2. The maximum absolute atomic E-state index is 14.0. The van der Waals surface area contributed by atoms with E-state index in [0.717, 1.165) is 35.2 Å². The van der Waals surface area contributed by atoms with Crippen LogP contribution in [0.25, 0.3) is 16.8 Å². The summed E-state index contributed by atoms with van der Waals surface area (Å²) in [6, 6.07) is 28.8. The Balaban J connectivity index is 1.04. The largest absolute Gasteiger partial charge is 0.439 e. The molecule has 0 aliphatic carbocycles. The number of amides is 2. The van der Waals surface area contributed by atoms with Crippen LogP contribution in [0.1, 0.15) is 33.6 Å². The van der Waals surface area contributed by atoms with Crippen LogP contribution in [-0.2, 0) is 0 Å². The molecule has 2 aliphatic heterocycles. The summed E-state index contributed by atoms with van der Waals surface area (Å²) in [6.07, 6.45) is 5.19. The van der Waals surface area contributed by atoms with Gasteiger partial charge in [-0.1, -0.05) is 48.0 Å². The minimum absolute atomic E-state index is 0.000302. The summed E-state index contributed by atoms with van der Waals surface area (Å²) in [6.45, 7) is 1.96. The monoisotopic (exact) mass is 576 g/mol. The summed E-state index contributed by atoms with van der Waals surface area (Å²) < 4.78 is 7.86. The van der Waals surface area contributed by atoms with E-state index in [1.54, 1.807) is 36.4 Å². The second kappa shape index (κ2) is 11.0. The molecule has 210 valence electrons. The van der Waals surface area contributed by atoms with E-state index >= 15 is 0 Å². The van der Waals surface area contributed by atoms with Gasteiger partial charge in [0.1, 0.15) is 5.75 Å². The number of carbonyl (C=O) groups excluding carboxylic acids is 2. The third-order valence-corrected chi connectivity index (χ3v) is 8.61. The van der Waals surface area contributed by atoms with Crippen LogP contribution in [0.2, 0.25) is 5.02 Å². The predicted molar refractivity (Wildman–Crippen MR) is 162 cm³/mol. The van der Waals surface area contributed by atoms with Crippen molar-refractivity contribution in [3.8, 4) is 22.9 Å². The number of carbonyl (C=O) groups is 2. The lowest BCUT2D eigenvalue weighted by Gasteiger charge is -2.38. The first-order valence-electron chi connectivity index (χ1n) is 14.2. The van der Waals surface area contributed by atoms with Gasteiger partial charge in [-0.15, -0.1) is 0 Å². The molecule has 5 heterocycles. The van der Waals surface area contributed by atoms with Crippen LogP contribution in [0.15, 0.2) is 103 Å². The lowest BCUT2D eigenvalue weighted by Crippen LogP contribution is -2.49. The molecule has 0 bridgehead atoms. The first kappa shape index (κ1) is 26.3. The fourth-order valence-corrected chi connectivity index (χ4v) is 6.43. The normalized spacial score (nSPS) is 18.2. The number of nitrogens with zero attached hydrogens (tertiary/aromatic N) is 4. The summed E-state index contributed by atoms with van der Waals surface area (Å²) >= 11 is 5.89. The maximum Gasteiger partial charge on any atom is 0.256 e. The van der Waals surface area contributed by atoms with Crippen molar-refractivity contribution < 1.29 is 14.3 Å². The summed E-state index contributed by atoms with van der Waals surface area (Å²) in [4.78, 5) is 35.5. The topological polar surface area (TPSA) is 67.2 Å². The number of aromatic nitrogens is 2. The molecule has 2 amide bonds. The van der Waals surface area contributed by atoms with Gasteiger partial charge in [0.05, 0.1) is 21.8 Å². The number of piperidine rings is 1. The average Bonchev–Trinajstić information content (AvgIpc) is 3.64. The third-order valence-electron chi connectivity index (χ3n) is 8.38. The van der Waals surface area contributed by atoms with Gasteiger partial charge in [0.15, 0.2) is 0 Å². The zero-order valence-electron chi connectivity index (χ0n) is 22.9. The van der Waals surface area contributed by atoms with Crippen LogP contribution in [0.5, 0.6) is 11.6 Å². The zero-order valence-corrected chi connectivity index (χ0v) is 23.7. The Labute approximate surface area is 248 Å². The smallest absolute Gasteiger partial charge is 0.256 e. The Morgan fingerprint density at radius 3 is 2.45 bits per heavy atom. The highest BCUT2D eigenvalue weighted by molar-refractivity contribution is 6.30. The van der Waals surface area contributed by atoms with Crippen molar-refractivity contribution in [3.05, 3.63) is 120 Å². The van der Waals surface area contributed by atoms with Crippen LogP contribution in [0, 0.1) is 5.92 Å². The number of hydrogen-bond acceptors (Lipinski definition) is 4. The van der Waals surface area contributed by atoms with E-state index in [1.165, 1.54) is 6.20 Å². The first-order chi connectivity index (χ1) is 20.5. The number of rotatable bonds is 5. The summed E-state index contributed by atoms with van der Waals surface area (Å²) in [5.74, 6) is 1.36. The molecule has 7 rings (SSSR count).